The van der Waals surface area contributed by atoms with E-state index in [-0.39, 0.29) is 5.56 Å². The molecule has 1 N–H and O–H groups in total. The normalized spacial score (nSPS) is 14.1. The molecule has 2 heterocycles. The Kier molecular flexibility index (Phi) is 1.68. The van der Waals surface area contributed by atoms with Crippen LogP contribution in [0.5, 0.6) is 11.5 Å². The highest BCUT2D eigenvalue weighted by Gasteiger charge is 2.13. The fraction of sp³-hybridized carbons (Fsp3) is 0.182. The predicted octanol–water partition coefficient (Wildman–Crippen LogP) is 1.30. The largest absolute Gasteiger partial charge is 0.486 e. The van der Waals surface area contributed by atoms with E-state index in [0.717, 1.165) is 5.39 Å². The minimum atomic E-state index is -0.107. The van der Waals surface area contributed by atoms with Crippen LogP contribution < -0.4 is 15.0 Å². The average molecular weight is 203 g/mol. The van der Waals surface area contributed by atoms with Crippen LogP contribution in [0.25, 0.3) is 10.8 Å². The summed E-state index contributed by atoms with van der Waals surface area (Å²) in [7, 11) is 0. The Morgan fingerprint density at radius 2 is 1.87 bits per heavy atom. The molecule has 1 aliphatic heterocycles. The summed E-state index contributed by atoms with van der Waals surface area (Å²) in [5, 5.41) is 1.49. The molecule has 4 heteroatoms. The lowest BCUT2D eigenvalue weighted by atomic mass is 10.1. The third kappa shape index (κ3) is 1.26. The van der Waals surface area contributed by atoms with Crippen molar-refractivity contribution in [2.75, 3.05) is 13.2 Å². The highest BCUT2D eigenvalue weighted by molar-refractivity contribution is 5.85. The molecular formula is C11H9NO3. The molecule has 0 atom stereocenters. The van der Waals surface area contributed by atoms with Gasteiger partial charge in [0.25, 0.3) is 5.56 Å². The van der Waals surface area contributed by atoms with Gasteiger partial charge >= 0.3 is 0 Å². The van der Waals surface area contributed by atoms with Crippen molar-refractivity contribution in [1.82, 2.24) is 4.98 Å². The number of nitrogens with one attached hydrogen (secondary N) is 1. The van der Waals surface area contributed by atoms with Crippen LogP contribution >= 0.6 is 0 Å². The van der Waals surface area contributed by atoms with E-state index in [1.54, 1.807) is 12.3 Å². The summed E-state index contributed by atoms with van der Waals surface area (Å²) < 4.78 is 10.8. The topological polar surface area (TPSA) is 51.3 Å². The minimum Gasteiger partial charge on any atom is -0.486 e. The van der Waals surface area contributed by atoms with Crippen LogP contribution in [-0.4, -0.2) is 18.2 Å². The number of hydrogen-bond acceptors (Lipinski definition) is 3. The molecule has 4 nitrogen and oxygen atoms in total. The second-order valence-corrected chi connectivity index (χ2v) is 3.39. The SMILES string of the molecule is O=c1[nH]ccc2cc3c(cc12)OCCO3. The van der Waals surface area contributed by atoms with Gasteiger partial charge in [-0.15, -0.1) is 0 Å². The zero-order chi connectivity index (χ0) is 10.3. The molecule has 1 aromatic heterocycles. The van der Waals surface area contributed by atoms with Gasteiger partial charge in [-0.2, -0.15) is 0 Å². The molecule has 0 bridgehead atoms. The smallest absolute Gasteiger partial charge is 0.255 e. The van der Waals surface area contributed by atoms with Crippen molar-refractivity contribution in [1.29, 1.82) is 0 Å². The number of hydrogen-bond donors (Lipinski definition) is 1. The second-order valence-electron chi connectivity index (χ2n) is 3.39. The lowest BCUT2D eigenvalue weighted by Gasteiger charge is -2.18. The van der Waals surface area contributed by atoms with Gasteiger partial charge in [0.15, 0.2) is 11.5 Å². The molecular weight excluding hydrogens is 194 g/mol. The Morgan fingerprint density at radius 3 is 2.67 bits per heavy atom. The average Bonchev–Trinajstić information content (AvgIpc) is 2.27. The molecule has 0 fully saturated rings. The first-order chi connectivity index (χ1) is 7.34. The molecule has 0 spiro atoms. The van der Waals surface area contributed by atoms with Crippen molar-refractivity contribution in [2.45, 2.75) is 0 Å². The molecule has 0 amide bonds. The standard InChI is InChI=1S/C11H9NO3/c13-11-8-6-10-9(14-3-4-15-10)5-7(8)1-2-12-11/h1-2,5-6H,3-4H2,(H,12,13). The third-order valence-electron chi connectivity index (χ3n) is 2.44. The van der Waals surface area contributed by atoms with Crippen LogP contribution in [0.4, 0.5) is 0 Å². The summed E-state index contributed by atoms with van der Waals surface area (Å²) in [5.41, 5.74) is -0.107. The van der Waals surface area contributed by atoms with E-state index >= 15 is 0 Å². The number of H-pyrrole nitrogens is 1. The summed E-state index contributed by atoms with van der Waals surface area (Å²) in [6.45, 7) is 1.09. The number of aromatic nitrogens is 1. The molecule has 0 saturated carbocycles. The van der Waals surface area contributed by atoms with Gasteiger partial charge < -0.3 is 14.5 Å². The number of fused-ring (bicyclic) bond motifs is 2. The first-order valence-electron chi connectivity index (χ1n) is 4.76. The zero-order valence-electron chi connectivity index (χ0n) is 7.95. The second kappa shape index (κ2) is 3.02. The molecule has 0 saturated heterocycles. The quantitative estimate of drug-likeness (QED) is 0.702. The molecule has 0 unspecified atom stereocenters. The summed E-state index contributed by atoms with van der Waals surface area (Å²) in [6, 6.07) is 5.40. The van der Waals surface area contributed by atoms with Crippen LogP contribution in [-0.2, 0) is 0 Å². The van der Waals surface area contributed by atoms with Gasteiger partial charge in [-0.3, -0.25) is 4.79 Å². The summed E-state index contributed by atoms with van der Waals surface area (Å²) in [6.07, 6.45) is 1.63. The van der Waals surface area contributed by atoms with E-state index in [2.05, 4.69) is 4.98 Å². The summed E-state index contributed by atoms with van der Waals surface area (Å²) >= 11 is 0. The first kappa shape index (κ1) is 8.35. The van der Waals surface area contributed by atoms with Crippen molar-refractivity contribution in [3.05, 3.63) is 34.7 Å². The number of benzene rings is 1. The Bertz CT molecular complexity index is 574. The van der Waals surface area contributed by atoms with E-state index < -0.39 is 0 Å². The Labute approximate surface area is 85.4 Å². The molecule has 2 aromatic rings. The molecule has 1 aromatic carbocycles. The van der Waals surface area contributed by atoms with Crippen molar-refractivity contribution < 1.29 is 9.47 Å². The molecule has 15 heavy (non-hydrogen) atoms. The van der Waals surface area contributed by atoms with Crippen LogP contribution in [0.2, 0.25) is 0 Å². The minimum absolute atomic E-state index is 0.107. The van der Waals surface area contributed by atoms with Crippen LogP contribution in [0, 0.1) is 0 Å². The highest BCUT2D eigenvalue weighted by Crippen LogP contribution is 2.32. The monoisotopic (exact) mass is 203 g/mol. The van der Waals surface area contributed by atoms with Crippen molar-refractivity contribution >= 4 is 10.8 Å². The van der Waals surface area contributed by atoms with Gasteiger partial charge in [-0.25, -0.2) is 0 Å². The van der Waals surface area contributed by atoms with Gasteiger partial charge in [0, 0.05) is 6.20 Å². The van der Waals surface area contributed by atoms with Gasteiger partial charge in [0.1, 0.15) is 13.2 Å². The third-order valence-corrected chi connectivity index (χ3v) is 2.44. The fourth-order valence-corrected chi connectivity index (χ4v) is 1.72. The molecule has 0 aliphatic carbocycles. The van der Waals surface area contributed by atoms with Crippen LogP contribution in [0.15, 0.2) is 29.2 Å². The van der Waals surface area contributed by atoms with Gasteiger partial charge in [-0.1, -0.05) is 0 Å². The van der Waals surface area contributed by atoms with Crippen molar-refractivity contribution in [2.24, 2.45) is 0 Å². The maximum atomic E-state index is 11.5. The fourth-order valence-electron chi connectivity index (χ4n) is 1.72. The molecule has 3 rings (SSSR count). The summed E-state index contributed by atoms with van der Waals surface area (Å²) in [4.78, 5) is 14.1. The van der Waals surface area contributed by atoms with Crippen molar-refractivity contribution in [3.8, 4) is 11.5 Å². The van der Waals surface area contributed by atoms with Gasteiger partial charge in [0.05, 0.1) is 5.39 Å². The van der Waals surface area contributed by atoms with E-state index in [0.29, 0.717) is 30.1 Å². The van der Waals surface area contributed by atoms with E-state index in [1.165, 1.54) is 0 Å². The maximum absolute atomic E-state index is 11.5. The number of ether oxygens (including phenoxy) is 2. The van der Waals surface area contributed by atoms with E-state index in [1.807, 2.05) is 12.1 Å². The van der Waals surface area contributed by atoms with Crippen LogP contribution in [0.3, 0.4) is 0 Å². The zero-order valence-corrected chi connectivity index (χ0v) is 7.95. The summed E-state index contributed by atoms with van der Waals surface area (Å²) in [5.74, 6) is 1.35. The number of pyridine rings is 1. The van der Waals surface area contributed by atoms with E-state index in [4.69, 9.17) is 9.47 Å². The Morgan fingerprint density at radius 1 is 1.13 bits per heavy atom. The highest BCUT2D eigenvalue weighted by atomic mass is 16.6. The van der Waals surface area contributed by atoms with Crippen molar-refractivity contribution in [3.63, 3.8) is 0 Å². The van der Waals surface area contributed by atoms with Gasteiger partial charge in [-0.05, 0) is 23.6 Å². The van der Waals surface area contributed by atoms with Gasteiger partial charge in [0.2, 0.25) is 0 Å². The lowest BCUT2D eigenvalue weighted by molar-refractivity contribution is 0.172. The lowest BCUT2D eigenvalue weighted by Crippen LogP contribution is -2.16. The number of aromatic amines is 1. The number of rotatable bonds is 0. The Hall–Kier alpha value is -1.97. The molecule has 1 aliphatic rings. The van der Waals surface area contributed by atoms with Crippen LogP contribution in [0.1, 0.15) is 0 Å². The Balaban J connectivity index is 2.36. The molecule has 0 radical (unpaired) electrons. The van der Waals surface area contributed by atoms with E-state index in [9.17, 15) is 4.79 Å². The first-order valence-corrected chi connectivity index (χ1v) is 4.76. The maximum Gasteiger partial charge on any atom is 0.255 e. The molecule has 76 valence electrons. The predicted molar refractivity (Wildman–Crippen MR) is 55.6 cm³/mol.